The van der Waals surface area contributed by atoms with Gasteiger partial charge in [0, 0.05) is 17.7 Å². The van der Waals surface area contributed by atoms with Gasteiger partial charge in [-0.3, -0.25) is 4.79 Å². The van der Waals surface area contributed by atoms with E-state index in [1.54, 1.807) is 6.07 Å². The Bertz CT molecular complexity index is 559. The van der Waals surface area contributed by atoms with Crippen molar-refractivity contribution in [3.8, 4) is 0 Å². The summed E-state index contributed by atoms with van der Waals surface area (Å²) in [6.07, 6.45) is 4.93. The molecule has 1 unspecified atom stereocenters. The number of aliphatic carboxylic acids is 1. The number of rotatable bonds is 5. The molecule has 1 amide bonds. The molecule has 0 aromatic heterocycles. The highest BCUT2D eigenvalue weighted by Crippen LogP contribution is 2.32. The molecule has 0 spiro atoms. The summed E-state index contributed by atoms with van der Waals surface area (Å²) in [6.45, 7) is 3.91. The van der Waals surface area contributed by atoms with E-state index >= 15 is 0 Å². The van der Waals surface area contributed by atoms with Crippen molar-refractivity contribution in [2.75, 3.05) is 0 Å². The molecule has 4 nitrogen and oxygen atoms in total. The van der Waals surface area contributed by atoms with Crippen LogP contribution in [-0.4, -0.2) is 23.0 Å². The number of amides is 1. The largest absolute Gasteiger partial charge is 0.478 e. The van der Waals surface area contributed by atoms with E-state index in [0.717, 1.165) is 17.2 Å². The van der Waals surface area contributed by atoms with Crippen LogP contribution in [0.4, 0.5) is 0 Å². The second-order valence-corrected chi connectivity index (χ2v) is 5.40. The number of benzene rings is 1. The number of nitrogens with one attached hydrogen (secondary N) is 1. The minimum atomic E-state index is -1.00. The molecule has 106 valence electrons. The highest BCUT2D eigenvalue weighted by molar-refractivity contribution is 5.95. The molecule has 1 saturated carbocycles. The van der Waals surface area contributed by atoms with Gasteiger partial charge in [-0.05, 0) is 61.9 Å². The minimum Gasteiger partial charge on any atom is -0.478 e. The average Bonchev–Trinajstić information content (AvgIpc) is 3.19. The van der Waals surface area contributed by atoms with Crippen LogP contribution in [0.5, 0.6) is 0 Å². The molecular formula is C16H19NO3. The topological polar surface area (TPSA) is 66.4 Å². The van der Waals surface area contributed by atoms with Gasteiger partial charge < -0.3 is 10.4 Å². The number of carbonyl (C=O) groups is 2. The summed E-state index contributed by atoms with van der Waals surface area (Å²) in [7, 11) is 0. The highest BCUT2D eigenvalue weighted by atomic mass is 16.4. The minimum absolute atomic E-state index is 0.0990. The van der Waals surface area contributed by atoms with Crippen LogP contribution in [0.25, 0.3) is 6.08 Å². The van der Waals surface area contributed by atoms with E-state index in [-0.39, 0.29) is 11.9 Å². The SMILES string of the molecule is Cc1cc(/C=C/C(=O)O)cc(C(=O)NC(C)C2CC2)c1. The average molecular weight is 273 g/mol. The molecule has 0 heterocycles. The predicted octanol–water partition coefficient (Wildman–Crippen LogP) is 2.62. The van der Waals surface area contributed by atoms with Crippen molar-refractivity contribution in [3.63, 3.8) is 0 Å². The van der Waals surface area contributed by atoms with E-state index in [2.05, 4.69) is 5.32 Å². The Kier molecular flexibility index (Phi) is 4.23. The first-order valence-corrected chi connectivity index (χ1v) is 6.79. The first kappa shape index (κ1) is 14.3. The van der Waals surface area contributed by atoms with Crippen LogP contribution >= 0.6 is 0 Å². The summed E-state index contributed by atoms with van der Waals surface area (Å²) in [5.74, 6) is -0.493. The molecule has 1 aliphatic rings. The van der Waals surface area contributed by atoms with Gasteiger partial charge >= 0.3 is 5.97 Å². The number of hydrogen-bond acceptors (Lipinski definition) is 2. The van der Waals surface area contributed by atoms with Crippen LogP contribution < -0.4 is 5.32 Å². The van der Waals surface area contributed by atoms with Gasteiger partial charge in [0.25, 0.3) is 5.91 Å². The van der Waals surface area contributed by atoms with Crippen LogP contribution in [0.15, 0.2) is 24.3 Å². The molecule has 1 atom stereocenters. The fourth-order valence-corrected chi connectivity index (χ4v) is 2.21. The van der Waals surface area contributed by atoms with Gasteiger partial charge in [0.15, 0.2) is 0 Å². The van der Waals surface area contributed by atoms with Crippen molar-refractivity contribution in [1.29, 1.82) is 0 Å². The molecule has 2 rings (SSSR count). The molecule has 0 radical (unpaired) electrons. The van der Waals surface area contributed by atoms with Crippen LogP contribution in [0.3, 0.4) is 0 Å². The lowest BCUT2D eigenvalue weighted by Gasteiger charge is -2.13. The molecule has 0 aliphatic heterocycles. The quantitative estimate of drug-likeness (QED) is 0.810. The fourth-order valence-electron chi connectivity index (χ4n) is 2.21. The number of carboxylic acids is 1. The van der Waals surface area contributed by atoms with Gasteiger partial charge in [0.05, 0.1) is 0 Å². The Morgan fingerprint density at radius 2 is 2.05 bits per heavy atom. The molecule has 1 aromatic carbocycles. The maximum Gasteiger partial charge on any atom is 0.328 e. The third-order valence-electron chi connectivity index (χ3n) is 3.47. The first-order valence-electron chi connectivity index (χ1n) is 6.79. The van der Waals surface area contributed by atoms with Gasteiger partial charge in [0.2, 0.25) is 0 Å². The lowest BCUT2D eigenvalue weighted by atomic mass is 10.0. The third-order valence-corrected chi connectivity index (χ3v) is 3.47. The van der Waals surface area contributed by atoms with Gasteiger partial charge in [-0.25, -0.2) is 4.79 Å². The zero-order chi connectivity index (χ0) is 14.7. The van der Waals surface area contributed by atoms with E-state index in [4.69, 9.17) is 5.11 Å². The van der Waals surface area contributed by atoms with Crippen molar-refractivity contribution < 1.29 is 14.7 Å². The monoisotopic (exact) mass is 273 g/mol. The number of aryl methyl sites for hydroxylation is 1. The van der Waals surface area contributed by atoms with E-state index in [1.807, 2.05) is 26.0 Å². The molecule has 0 bridgehead atoms. The van der Waals surface area contributed by atoms with Crippen molar-refractivity contribution in [2.45, 2.75) is 32.7 Å². The fraction of sp³-hybridized carbons (Fsp3) is 0.375. The van der Waals surface area contributed by atoms with Crippen molar-refractivity contribution in [1.82, 2.24) is 5.32 Å². The lowest BCUT2D eigenvalue weighted by molar-refractivity contribution is -0.131. The third kappa shape index (κ3) is 3.95. The Balaban J connectivity index is 2.13. The second-order valence-electron chi connectivity index (χ2n) is 5.40. The Hall–Kier alpha value is -2.10. The van der Waals surface area contributed by atoms with E-state index in [9.17, 15) is 9.59 Å². The molecule has 4 heteroatoms. The van der Waals surface area contributed by atoms with Crippen LogP contribution in [0, 0.1) is 12.8 Å². The van der Waals surface area contributed by atoms with Crippen molar-refractivity contribution in [3.05, 3.63) is 41.0 Å². The predicted molar refractivity (Wildman–Crippen MR) is 77.5 cm³/mol. The number of hydrogen-bond donors (Lipinski definition) is 2. The number of carboxylic acid groups (broad SMARTS) is 1. The Morgan fingerprint density at radius 1 is 1.35 bits per heavy atom. The van der Waals surface area contributed by atoms with Crippen LogP contribution in [0.2, 0.25) is 0 Å². The zero-order valence-electron chi connectivity index (χ0n) is 11.7. The summed E-state index contributed by atoms with van der Waals surface area (Å²) in [5, 5.41) is 11.6. The standard InChI is InChI=1S/C16H19NO3/c1-10-7-12(3-6-15(18)19)9-14(8-10)16(20)17-11(2)13-4-5-13/h3,6-9,11,13H,4-5H2,1-2H3,(H,17,20)(H,18,19)/b6-3+. The normalized spacial score (nSPS) is 16.1. The second kappa shape index (κ2) is 5.90. The van der Waals surface area contributed by atoms with Gasteiger partial charge in [-0.1, -0.05) is 6.07 Å². The molecule has 0 saturated heterocycles. The summed E-state index contributed by atoms with van der Waals surface area (Å²) < 4.78 is 0. The summed E-state index contributed by atoms with van der Waals surface area (Å²) in [4.78, 5) is 22.7. The lowest BCUT2D eigenvalue weighted by Crippen LogP contribution is -2.34. The molecular weight excluding hydrogens is 254 g/mol. The first-order chi connectivity index (χ1) is 9.45. The maximum absolute atomic E-state index is 12.2. The van der Waals surface area contributed by atoms with Gasteiger partial charge in [-0.2, -0.15) is 0 Å². The summed E-state index contributed by atoms with van der Waals surface area (Å²) >= 11 is 0. The van der Waals surface area contributed by atoms with Gasteiger partial charge in [-0.15, -0.1) is 0 Å². The summed E-state index contributed by atoms with van der Waals surface area (Å²) in [6, 6.07) is 5.57. The van der Waals surface area contributed by atoms with Gasteiger partial charge in [0.1, 0.15) is 0 Å². The molecule has 2 N–H and O–H groups in total. The van der Waals surface area contributed by atoms with E-state index < -0.39 is 5.97 Å². The molecule has 1 aliphatic carbocycles. The smallest absolute Gasteiger partial charge is 0.328 e. The van der Waals surface area contributed by atoms with Crippen LogP contribution in [0.1, 0.15) is 41.3 Å². The van der Waals surface area contributed by atoms with Crippen LogP contribution in [-0.2, 0) is 4.79 Å². The Labute approximate surface area is 118 Å². The highest BCUT2D eigenvalue weighted by Gasteiger charge is 2.29. The molecule has 1 aromatic rings. The van der Waals surface area contributed by atoms with E-state index in [0.29, 0.717) is 11.5 Å². The molecule has 20 heavy (non-hydrogen) atoms. The maximum atomic E-state index is 12.2. The van der Waals surface area contributed by atoms with Crippen molar-refractivity contribution in [2.24, 2.45) is 5.92 Å². The molecule has 1 fully saturated rings. The zero-order valence-corrected chi connectivity index (χ0v) is 11.7. The Morgan fingerprint density at radius 3 is 2.65 bits per heavy atom. The number of carbonyl (C=O) groups excluding carboxylic acids is 1. The summed E-state index contributed by atoms with van der Waals surface area (Å²) in [5.41, 5.74) is 2.22. The van der Waals surface area contributed by atoms with Crippen molar-refractivity contribution >= 4 is 18.0 Å². The van der Waals surface area contributed by atoms with E-state index in [1.165, 1.54) is 18.9 Å².